The Labute approximate surface area is 266 Å². The molecule has 0 atom stereocenters. The molecular formula is C39H24N4O. The molecule has 0 radical (unpaired) electrons. The van der Waals surface area contributed by atoms with Crippen molar-refractivity contribution >= 4 is 43.7 Å². The molecule has 6 aromatic carbocycles. The molecule has 0 spiro atoms. The van der Waals surface area contributed by atoms with E-state index in [1.54, 1.807) is 12.1 Å². The van der Waals surface area contributed by atoms with Gasteiger partial charge < -0.3 is 8.98 Å². The minimum Gasteiger partial charge on any atom is -0.456 e. The second-order valence-corrected chi connectivity index (χ2v) is 10.2. The van der Waals surface area contributed by atoms with Crippen molar-refractivity contribution in [3.63, 3.8) is 0 Å². The topological polar surface area (TPSA) is 56.7 Å². The van der Waals surface area contributed by atoms with Crippen LogP contribution in [0.5, 0.6) is 0 Å². The van der Waals surface area contributed by atoms with Gasteiger partial charge in [-0.25, -0.2) is 15.0 Å². The molecule has 0 amide bonds. The molecule has 3 aromatic heterocycles. The Kier molecular flexibility index (Phi) is 3.66. The minimum atomic E-state index is -0.610. The molecule has 0 aliphatic heterocycles. The first kappa shape index (κ1) is 16.5. The van der Waals surface area contributed by atoms with Crippen LogP contribution in [-0.2, 0) is 0 Å². The van der Waals surface area contributed by atoms with Gasteiger partial charge in [-0.2, -0.15) is 0 Å². The average molecular weight is 575 g/mol. The first-order valence-corrected chi connectivity index (χ1v) is 13.8. The largest absolute Gasteiger partial charge is 0.456 e. The number of fused-ring (bicyclic) bond motifs is 6. The molecule has 0 aliphatic carbocycles. The second-order valence-electron chi connectivity index (χ2n) is 10.2. The number of para-hydroxylation sites is 2. The maximum Gasteiger partial charge on any atom is 0.164 e. The van der Waals surface area contributed by atoms with Gasteiger partial charge >= 0.3 is 0 Å². The lowest BCUT2D eigenvalue weighted by Crippen LogP contribution is -2.00. The third-order valence-corrected chi connectivity index (χ3v) is 7.64. The van der Waals surface area contributed by atoms with Crippen molar-refractivity contribution < 1.29 is 18.1 Å². The summed E-state index contributed by atoms with van der Waals surface area (Å²) in [5, 5.41) is 3.92. The van der Waals surface area contributed by atoms with Gasteiger partial charge in [-0.3, -0.25) is 0 Å². The Morgan fingerprint density at radius 2 is 0.977 bits per heavy atom. The van der Waals surface area contributed by atoms with Crippen molar-refractivity contribution in [3.8, 4) is 39.9 Å². The van der Waals surface area contributed by atoms with E-state index in [1.807, 2.05) is 48.5 Å². The number of rotatable bonds is 4. The normalized spacial score (nSPS) is 14.8. The highest BCUT2D eigenvalue weighted by molar-refractivity contribution is 6.10. The molecule has 0 bridgehead atoms. The minimum absolute atomic E-state index is 0.0399. The summed E-state index contributed by atoms with van der Waals surface area (Å²) < 4.78 is 92.0. The summed E-state index contributed by atoms with van der Waals surface area (Å²) in [6, 6.07) is 21.7. The molecule has 9 rings (SSSR count). The zero-order chi connectivity index (χ0) is 37.7. The van der Waals surface area contributed by atoms with Gasteiger partial charge in [0.25, 0.3) is 0 Å². The lowest BCUT2D eigenvalue weighted by Gasteiger charge is -2.08. The molecule has 0 unspecified atom stereocenters. The summed E-state index contributed by atoms with van der Waals surface area (Å²) in [5.41, 5.74) is 3.83. The van der Waals surface area contributed by atoms with E-state index in [0.717, 1.165) is 38.3 Å². The van der Waals surface area contributed by atoms with Crippen molar-refractivity contribution in [1.29, 1.82) is 0 Å². The molecule has 5 heteroatoms. The maximum absolute atomic E-state index is 8.58. The van der Waals surface area contributed by atoms with E-state index >= 15 is 0 Å². The number of furan rings is 1. The van der Waals surface area contributed by atoms with E-state index in [-0.39, 0.29) is 28.6 Å². The fraction of sp³-hybridized carbons (Fsp3) is 0. The first-order valence-electron chi connectivity index (χ1n) is 18.8. The van der Waals surface area contributed by atoms with Crippen LogP contribution >= 0.6 is 0 Å². The van der Waals surface area contributed by atoms with Crippen LogP contribution in [0.25, 0.3) is 83.6 Å². The highest BCUT2D eigenvalue weighted by Gasteiger charge is 2.16. The predicted octanol–water partition coefficient (Wildman–Crippen LogP) is 9.87. The fourth-order valence-electron chi connectivity index (χ4n) is 5.70. The van der Waals surface area contributed by atoms with E-state index in [4.69, 9.17) is 18.1 Å². The number of benzene rings is 6. The Balaban J connectivity index is 1.25. The van der Waals surface area contributed by atoms with Gasteiger partial charge in [0.2, 0.25) is 0 Å². The highest BCUT2D eigenvalue weighted by Crippen LogP contribution is 2.36. The summed E-state index contributed by atoms with van der Waals surface area (Å²) in [7, 11) is 0. The van der Waals surface area contributed by atoms with Gasteiger partial charge in [0.15, 0.2) is 17.5 Å². The molecule has 0 saturated heterocycles. The summed E-state index contributed by atoms with van der Waals surface area (Å²) in [6.45, 7) is 0. The molecule has 0 N–H and O–H groups in total. The van der Waals surface area contributed by atoms with E-state index in [2.05, 4.69) is 43.8 Å². The molecule has 206 valence electrons. The Hall–Kier alpha value is -6.07. The SMILES string of the molecule is [2H]c1c([2H])c([2H])c(-c2nc(-c3ccc4c(c3)oc3cc(-n5c6ccccc6c6ccccc65)ccc34)nc(-c3c([2H])c([2H])c([2H])c([2H])c3[2H])n2)c([2H])c1[2H]. The van der Waals surface area contributed by atoms with E-state index in [9.17, 15) is 0 Å². The number of aromatic nitrogens is 4. The molecule has 5 nitrogen and oxygen atoms in total. The van der Waals surface area contributed by atoms with Gasteiger partial charge in [0, 0.05) is 50.0 Å². The lowest BCUT2D eigenvalue weighted by atomic mass is 10.1. The standard InChI is InChI=1S/C39H24N4O/c1-3-11-25(12-4-1)37-40-38(26-13-5-2-6-14-26)42-39(41-37)27-19-21-31-32-22-20-28(24-36(32)44-35(31)23-27)43-33-17-9-7-15-29(33)30-16-8-10-18-34(30)43/h1-24H/i1D,2D,3D,4D,5D,6D,11D,12D,13D,14D. The van der Waals surface area contributed by atoms with E-state index in [0.29, 0.717) is 16.7 Å². The number of hydrogen-bond donors (Lipinski definition) is 0. The molecule has 0 fully saturated rings. The van der Waals surface area contributed by atoms with Crippen LogP contribution in [0.2, 0.25) is 0 Å². The van der Waals surface area contributed by atoms with E-state index < -0.39 is 60.4 Å². The number of nitrogens with zero attached hydrogens (tertiary/aromatic N) is 4. The van der Waals surface area contributed by atoms with Crippen molar-refractivity contribution in [1.82, 2.24) is 19.5 Å². The van der Waals surface area contributed by atoms with Crippen molar-refractivity contribution in [2.24, 2.45) is 0 Å². The smallest absolute Gasteiger partial charge is 0.164 e. The van der Waals surface area contributed by atoms with Gasteiger partial charge in [-0.05, 0) is 36.4 Å². The van der Waals surface area contributed by atoms with Crippen LogP contribution in [-0.4, -0.2) is 19.5 Å². The zero-order valence-electron chi connectivity index (χ0n) is 32.8. The average Bonchev–Trinajstić information content (AvgIpc) is 3.72. The first-order chi connectivity index (χ1) is 25.9. The van der Waals surface area contributed by atoms with Crippen LogP contribution < -0.4 is 0 Å². The Bertz CT molecular complexity index is 2880. The van der Waals surface area contributed by atoms with Gasteiger partial charge in [-0.1, -0.05) is 103 Å². The summed E-state index contributed by atoms with van der Waals surface area (Å²) in [4.78, 5) is 13.4. The van der Waals surface area contributed by atoms with Crippen molar-refractivity contribution in [2.45, 2.75) is 0 Å². The quantitative estimate of drug-likeness (QED) is 0.210. The zero-order valence-corrected chi connectivity index (χ0v) is 22.8. The van der Waals surface area contributed by atoms with Crippen LogP contribution in [0.4, 0.5) is 0 Å². The van der Waals surface area contributed by atoms with Crippen molar-refractivity contribution in [2.75, 3.05) is 0 Å². The third-order valence-electron chi connectivity index (χ3n) is 7.64. The molecule has 9 aromatic rings. The van der Waals surface area contributed by atoms with Crippen LogP contribution in [0.15, 0.2) is 150 Å². The molecular weight excluding hydrogens is 540 g/mol. The highest BCUT2D eigenvalue weighted by atomic mass is 16.3. The summed E-state index contributed by atoms with van der Waals surface area (Å²) in [5.74, 6) is -0.708. The molecule has 0 aliphatic rings. The van der Waals surface area contributed by atoms with Gasteiger partial charge in [0.05, 0.1) is 24.7 Å². The number of hydrogen-bond acceptors (Lipinski definition) is 4. The van der Waals surface area contributed by atoms with Crippen molar-refractivity contribution in [3.05, 3.63) is 145 Å². The Morgan fingerprint density at radius 3 is 1.57 bits per heavy atom. The molecule has 44 heavy (non-hydrogen) atoms. The van der Waals surface area contributed by atoms with E-state index in [1.165, 1.54) is 0 Å². The monoisotopic (exact) mass is 574 g/mol. The second kappa shape index (κ2) is 9.75. The predicted molar refractivity (Wildman–Crippen MR) is 178 cm³/mol. The maximum atomic E-state index is 8.58. The molecule has 0 saturated carbocycles. The van der Waals surface area contributed by atoms with Gasteiger partial charge in [0.1, 0.15) is 11.2 Å². The molecule has 3 heterocycles. The fourth-order valence-corrected chi connectivity index (χ4v) is 5.70. The lowest BCUT2D eigenvalue weighted by molar-refractivity contribution is 0.668. The third kappa shape index (κ3) is 3.91. The van der Waals surface area contributed by atoms with Crippen LogP contribution in [0, 0.1) is 0 Å². The van der Waals surface area contributed by atoms with Crippen LogP contribution in [0.1, 0.15) is 13.7 Å². The Morgan fingerprint density at radius 1 is 0.477 bits per heavy atom. The summed E-state index contributed by atoms with van der Waals surface area (Å²) in [6.07, 6.45) is 0. The summed E-state index contributed by atoms with van der Waals surface area (Å²) >= 11 is 0. The van der Waals surface area contributed by atoms with Gasteiger partial charge in [-0.15, -0.1) is 0 Å². The van der Waals surface area contributed by atoms with Crippen LogP contribution in [0.3, 0.4) is 0 Å².